The van der Waals surface area contributed by atoms with Crippen LogP contribution in [0.1, 0.15) is 29.3 Å². The molecule has 0 aliphatic rings. The summed E-state index contributed by atoms with van der Waals surface area (Å²) < 4.78 is 13.7. The van der Waals surface area contributed by atoms with E-state index < -0.39 is 0 Å². The molecular weight excluding hydrogens is 235 g/mol. The third-order valence-corrected chi connectivity index (χ3v) is 2.57. The van der Waals surface area contributed by atoms with Gasteiger partial charge in [0.25, 0.3) is 0 Å². The minimum atomic E-state index is -0.348. The minimum Gasteiger partial charge on any atom is -0.294 e. The molecule has 1 rings (SSSR count). The average molecular weight is 245 g/mol. The number of rotatable bonds is 2. The van der Waals surface area contributed by atoms with E-state index >= 15 is 0 Å². The number of benzene rings is 1. The summed E-state index contributed by atoms with van der Waals surface area (Å²) in [4.78, 5) is 11.3. The molecule has 0 heterocycles. The highest BCUT2D eigenvalue weighted by molar-refractivity contribution is 9.10. The van der Waals surface area contributed by atoms with Gasteiger partial charge in [-0.2, -0.15) is 0 Å². The first-order chi connectivity index (χ1) is 6.07. The summed E-state index contributed by atoms with van der Waals surface area (Å²) >= 11 is 3.06. The van der Waals surface area contributed by atoms with Gasteiger partial charge in [-0.1, -0.05) is 6.92 Å². The van der Waals surface area contributed by atoms with Crippen LogP contribution in [0.15, 0.2) is 16.6 Å². The van der Waals surface area contributed by atoms with Crippen LogP contribution in [0.3, 0.4) is 0 Å². The van der Waals surface area contributed by atoms with E-state index in [1.54, 1.807) is 26.0 Å². The van der Waals surface area contributed by atoms with Crippen LogP contribution in [0.25, 0.3) is 0 Å². The topological polar surface area (TPSA) is 17.1 Å². The molecule has 0 amide bonds. The highest BCUT2D eigenvalue weighted by Gasteiger charge is 2.12. The van der Waals surface area contributed by atoms with Gasteiger partial charge in [0.15, 0.2) is 5.78 Å². The predicted octanol–water partition coefficient (Wildman–Crippen LogP) is 3.49. The van der Waals surface area contributed by atoms with E-state index in [-0.39, 0.29) is 11.6 Å². The lowest BCUT2D eigenvalue weighted by Crippen LogP contribution is -2.01. The van der Waals surface area contributed by atoms with Gasteiger partial charge in [-0.15, -0.1) is 0 Å². The molecule has 3 heteroatoms. The van der Waals surface area contributed by atoms with Crippen molar-refractivity contribution in [2.45, 2.75) is 20.3 Å². The summed E-state index contributed by atoms with van der Waals surface area (Å²) in [6, 6.07) is 3.21. The predicted molar refractivity (Wildman–Crippen MR) is 53.5 cm³/mol. The van der Waals surface area contributed by atoms with E-state index in [4.69, 9.17) is 0 Å². The molecule has 0 saturated carbocycles. The average Bonchev–Trinajstić information content (AvgIpc) is 2.13. The summed E-state index contributed by atoms with van der Waals surface area (Å²) in [5.41, 5.74) is 0.893. The fourth-order valence-electron chi connectivity index (χ4n) is 1.14. The molecule has 13 heavy (non-hydrogen) atoms. The fraction of sp³-hybridized carbons (Fsp3) is 0.300. The Morgan fingerprint density at radius 2 is 2.15 bits per heavy atom. The molecule has 0 aromatic heterocycles. The first kappa shape index (κ1) is 10.4. The molecular formula is C10H10BrFO. The van der Waals surface area contributed by atoms with Crippen LogP contribution in [-0.2, 0) is 0 Å². The second kappa shape index (κ2) is 4.01. The number of halogens is 2. The van der Waals surface area contributed by atoms with Gasteiger partial charge >= 0.3 is 0 Å². The van der Waals surface area contributed by atoms with Crippen LogP contribution in [-0.4, -0.2) is 5.78 Å². The highest BCUT2D eigenvalue weighted by Crippen LogP contribution is 2.22. The first-order valence-corrected chi connectivity index (χ1v) is 4.85. The molecule has 0 bridgehead atoms. The van der Waals surface area contributed by atoms with Crippen LogP contribution < -0.4 is 0 Å². The fourth-order valence-corrected chi connectivity index (χ4v) is 1.57. The molecule has 70 valence electrons. The van der Waals surface area contributed by atoms with E-state index in [1.165, 1.54) is 0 Å². The molecule has 1 nitrogen and oxygen atoms in total. The quantitative estimate of drug-likeness (QED) is 0.729. The van der Waals surface area contributed by atoms with Gasteiger partial charge in [0.1, 0.15) is 5.82 Å². The smallest absolute Gasteiger partial charge is 0.162 e. The monoisotopic (exact) mass is 244 g/mol. The summed E-state index contributed by atoms with van der Waals surface area (Å²) in [6.45, 7) is 3.38. The summed E-state index contributed by atoms with van der Waals surface area (Å²) in [6.07, 6.45) is 0.405. The molecule has 0 aliphatic heterocycles. The van der Waals surface area contributed by atoms with Crippen molar-refractivity contribution in [3.8, 4) is 0 Å². The van der Waals surface area contributed by atoms with Gasteiger partial charge in [-0.25, -0.2) is 4.39 Å². The Labute approximate surface area is 85.1 Å². The van der Waals surface area contributed by atoms with Crippen molar-refractivity contribution in [1.29, 1.82) is 0 Å². The zero-order chi connectivity index (χ0) is 10.0. The maximum atomic E-state index is 13.3. The standard InChI is InChI=1S/C10H10BrFO/c1-3-9(13)7-4-5-8(11)10(12)6(7)2/h4-5H,3H2,1-2H3. The maximum Gasteiger partial charge on any atom is 0.162 e. The molecule has 0 saturated heterocycles. The van der Waals surface area contributed by atoms with Crippen molar-refractivity contribution in [1.82, 2.24) is 0 Å². The number of carbonyl (C=O) groups excluding carboxylic acids is 1. The van der Waals surface area contributed by atoms with Gasteiger partial charge in [-0.05, 0) is 40.5 Å². The van der Waals surface area contributed by atoms with Crippen LogP contribution >= 0.6 is 15.9 Å². The lowest BCUT2D eigenvalue weighted by molar-refractivity contribution is 0.0987. The van der Waals surface area contributed by atoms with Crippen molar-refractivity contribution in [3.63, 3.8) is 0 Å². The molecule has 0 unspecified atom stereocenters. The lowest BCUT2D eigenvalue weighted by Gasteiger charge is -2.05. The number of hydrogen-bond donors (Lipinski definition) is 0. The number of Topliss-reactive ketones (excluding diaryl/α,β-unsaturated/α-hetero) is 1. The molecule has 0 spiro atoms. The highest BCUT2D eigenvalue weighted by atomic mass is 79.9. The SMILES string of the molecule is CCC(=O)c1ccc(Br)c(F)c1C. The second-order valence-electron chi connectivity index (χ2n) is 2.81. The Morgan fingerprint density at radius 1 is 1.54 bits per heavy atom. The van der Waals surface area contributed by atoms with Gasteiger partial charge in [0.2, 0.25) is 0 Å². The van der Waals surface area contributed by atoms with Crippen molar-refractivity contribution < 1.29 is 9.18 Å². The Balaban J connectivity index is 3.26. The molecule has 0 N–H and O–H groups in total. The number of ketones is 1. The zero-order valence-corrected chi connectivity index (χ0v) is 9.11. The number of carbonyl (C=O) groups is 1. The van der Waals surface area contributed by atoms with E-state index in [9.17, 15) is 9.18 Å². The van der Waals surface area contributed by atoms with Gasteiger partial charge in [0, 0.05) is 12.0 Å². The zero-order valence-electron chi connectivity index (χ0n) is 7.53. The summed E-state index contributed by atoms with van der Waals surface area (Å²) in [5.74, 6) is -0.372. The summed E-state index contributed by atoms with van der Waals surface area (Å²) in [5, 5.41) is 0. The molecule has 0 fully saturated rings. The first-order valence-electron chi connectivity index (χ1n) is 4.05. The van der Waals surface area contributed by atoms with E-state index in [0.717, 1.165) is 0 Å². The Bertz CT molecular complexity index is 347. The van der Waals surface area contributed by atoms with E-state index in [2.05, 4.69) is 15.9 Å². The molecule has 1 aromatic carbocycles. The van der Waals surface area contributed by atoms with Crippen LogP contribution in [0.2, 0.25) is 0 Å². The van der Waals surface area contributed by atoms with Crippen molar-refractivity contribution in [3.05, 3.63) is 33.5 Å². The van der Waals surface area contributed by atoms with E-state index in [0.29, 0.717) is 22.0 Å². The largest absolute Gasteiger partial charge is 0.294 e. The van der Waals surface area contributed by atoms with Crippen LogP contribution in [0, 0.1) is 12.7 Å². The molecule has 0 atom stereocenters. The van der Waals surface area contributed by atoms with E-state index in [1.807, 2.05) is 0 Å². The lowest BCUT2D eigenvalue weighted by atomic mass is 10.0. The molecule has 1 aromatic rings. The Hall–Kier alpha value is -0.700. The van der Waals surface area contributed by atoms with Crippen LogP contribution in [0.4, 0.5) is 4.39 Å². The summed E-state index contributed by atoms with van der Waals surface area (Å²) in [7, 11) is 0. The third kappa shape index (κ3) is 1.97. The Morgan fingerprint density at radius 3 is 2.69 bits per heavy atom. The second-order valence-corrected chi connectivity index (χ2v) is 3.66. The third-order valence-electron chi connectivity index (χ3n) is 1.96. The van der Waals surface area contributed by atoms with Crippen molar-refractivity contribution in [2.24, 2.45) is 0 Å². The maximum absolute atomic E-state index is 13.3. The van der Waals surface area contributed by atoms with Gasteiger partial charge < -0.3 is 0 Å². The van der Waals surface area contributed by atoms with Gasteiger partial charge in [-0.3, -0.25) is 4.79 Å². The van der Waals surface area contributed by atoms with Crippen LogP contribution in [0.5, 0.6) is 0 Å². The molecule has 0 aliphatic carbocycles. The minimum absolute atomic E-state index is 0.0242. The van der Waals surface area contributed by atoms with Crippen molar-refractivity contribution in [2.75, 3.05) is 0 Å². The Kier molecular flexibility index (Phi) is 3.20. The normalized spacial score (nSPS) is 10.2. The van der Waals surface area contributed by atoms with Crippen molar-refractivity contribution >= 4 is 21.7 Å². The number of hydrogen-bond acceptors (Lipinski definition) is 1. The molecule has 0 radical (unpaired) electrons. The van der Waals surface area contributed by atoms with Gasteiger partial charge in [0.05, 0.1) is 4.47 Å².